The molecule has 12 heteroatoms. The van der Waals surface area contributed by atoms with Gasteiger partial charge in [-0.2, -0.15) is 13.2 Å². The Kier molecular flexibility index (Phi) is 6.15. The van der Waals surface area contributed by atoms with Crippen LogP contribution in [0, 0.1) is 11.7 Å². The Morgan fingerprint density at radius 2 is 1.89 bits per heavy atom. The van der Waals surface area contributed by atoms with Crippen molar-refractivity contribution in [2.24, 2.45) is 11.7 Å². The predicted molar refractivity (Wildman–Crippen MR) is 116 cm³/mol. The minimum absolute atomic E-state index is 0.0675. The topological polar surface area (TPSA) is 110 Å². The molecule has 2 fully saturated rings. The fourth-order valence-corrected chi connectivity index (χ4v) is 5.67. The molecule has 0 spiro atoms. The Morgan fingerprint density at radius 3 is 2.43 bits per heavy atom. The smallest absolute Gasteiger partial charge is 0.368 e. The predicted octanol–water partition coefficient (Wildman–Crippen LogP) is 3.30. The van der Waals surface area contributed by atoms with Gasteiger partial charge in [0.05, 0.1) is 10.5 Å². The lowest BCUT2D eigenvalue weighted by atomic mass is 9.73. The van der Waals surface area contributed by atoms with Crippen molar-refractivity contribution < 1.29 is 35.6 Å². The van der Waals surface area contributed by atoms with E-state index < -0.39 is 50.7 Å². The number of carbonyl (C=O) groups excluding carboxylic acids is 2. The second-order valence-corrected chi connectivity index (χ2v) is 11.1. The van der Waals surface area contributed by atoms with E-state index in [9.17, 15) is 31.2 Å². The maximum absolute atomic E-state index is 15.1. The number of nitrogens with two attached hydrogens (primary N) is 1. The van der Waals surface area contributed by atoms with Crippen molar-refractivity contribution in [3.63, 3.8) is 0 Å². The first-order valence-electron chi connectivity index (χ1n) is 10.9. The van der Waals surface area contributed by atoms with Crippen LogP contribution in [0.4, 0.5) is 17.6 Å². The van der Waals surface area contributed by atoms with Crippen LogP contribution in [0.3, 0.4) is 0 Å². The summed E-state index contributed by atoms with van der Waals surface area (Å²) in [7, 11) is -3.66. The summed E-state index contributed by atoms with van der Waals surface area (Å²) in [5, 5.41) is 0. The molecule has 2 heterocycles. The number of hydrogen-bond donors (Lipinski definition) is 1. The number of halogens is 4. The molecule has 0 radical (unpaired) electrons. The number of hydrogen-bond acceptors (Lipinski definition) is 5. The van der Waals surface area contributed by atoms with Crippen molar-refractivity contribution in [3.8, 4) is 0 Å². The lowest BCUT2D eigenvalue weighted by Crippen LogP contribution is -2.60. The maximum Gasteiger partial charge on any atom is 0.416 e. The molecule has 0 unspecified atom stereocenters. The van der Waals surface area contributed by atoms with E-state index in [1.54, 1.807) is 0 Å². The SMILES string of the molecule is CS(=O)(=O)c1ccnc(C(=O)N2CCC[C@@]2(C(N)=O)[C@@H](c2ccc(C(F)(F)F)cc2F)C2CC2)c1. The van der Waals surface area contributed by atoms with E-state index >= 15 is 4.39 Å². The molecule has 1 aromatic carbocycles. The highest BCUT2D eigenvalue weighted by molar-refractivity contribution is 7.90. The van der Waals surface area contributed by atoms with E-state index in [0.717, 1.165) is 30.7 Å². The van der Waals surface area contributed by atoms with E-state index in [1.807, 2.05) is 0 Å². The van der Waals surface area contributed by atoms with E-state index in [1.165, 1.54) is 11.0 Å². The summed E-state index contributed by atoms with van der Waals surface area (Å²) in [4.78, 5) is 31.5. The summed E-state index contributed by atoms with van der Waals surface area (Å²) in [5.41, 5.74) is 2.62. The molecule has 1 aliphatic heterocycles. The van der Waals surface area contributed by atoms with Crippen molar-refractivity contribution in [3.05, 3.63) is 59.2 Å². The minimum Gasteiger partial charge on any atom is -0.368 e. The number of primary amides is 1. The number of carbonyl (C=O) groups is 2. The molecule has 2 atom stereocenters. The second kappa shape index (κ2) is 8.58. The molecule has 7 nitrogen and oxygen atoms in total. The van der Waals surface area contributed by atoms with Crippen LogP contribution in [0.1, 0.15) is 53.2 Å². The Balaban J connectivity index is 1.82. The first kappa shape index (κ1) is 25.1. The van der Waals surface area contributed by atoms with Crippen molar-refractivity contribution in [2.45, 2.75) is 48.2 Å². The quantitative estimate of drug-likeness (QED) is 0.596. The van der Waals surface area contributed by atoms with Gasteiger partial charge in [-0.3, -0.25) is 14.6 Å². The Bertz CT molecular complexity index is 1290. The van der Waals surface area contributed by atoms with Crippen LogP contribution in [-0.2, 0) is 20.8 Å². The zero-order valence-corrected chi connectivity index (χ0v) is 19.5. The molecule has 1 saturated heterocycles. The number of aromatic nitrogens is 1. The molecule has 0 bridgehead atoms. The van der Waals surface area contributed by atoms with Crippen LogP contribution in [0.15, 0.2) is 41.4 Å². The van der Waals surface area contributed by atoms with Crippen LogP contribution >= 0.6 is 0 Å². The molecule has 1 saturated carbocycles. The zero-order chi connectivity index (χ0) is 25.8. The van der Waals surface area contributed by atoms with Gasteiger partial charge in [-0.1, -0.05) is 6.07 Å². The Hall–Kier alpha value is -3.02. The average molecular weight is 514 g/mol. The van der Waals surface area contributed by atoms with Gasteiger partial charge in [0, 0.05) is 24.9 Å². The number of benzene rings is 1. The first-order chi connectivity index (χ1) is 16.3. The molecule has 1 aromatic heterocycles. The molecule has 2 aromatic rings. The lowest BCUT2D eigenvalue weighted by molar-refractivity contribution is -0.138. The van der Waals surface area contributed by atoms with Crippen LogP contribution in [0.25, 0.3) is 0 Å². The Morgan fingerprint density at radius 1 is 1.20 bits per heavy atom. The minimum atomic E-state index is -4.75. The number of likely N-dealkylation sites (tertiary alicyclic amines) is 1. The van der Waals surface area contributed by atoms with E-state index in [4.69, 9.17) is 5.73 Å². The monoisotopic (exact) mass is 513 g/mol. The summed E-state index contributed by atoms with van der Waals surface area (Å²) in [5.74, 6) is -4.03. The molecule has 4 rings (SSSR count). The normalized spacial score (nSPS) is 21.7. The number of pyridine rings is 1. The van der Waals surface area contributed by atoms with E-state index in [2.05, 4.69) is 4.98 Å². The van der Waals surface area contributed by atoms with Gasteiger partial charge in [-0.05, 0) is 61.4 Å². The Labute approximate surface area is 199 Å². The zero-order valence-electron chi connectivity index (χ0n) is 18.7. The van der Waals surface area contributed by atoms with Crippen LogP contribution in [0.5, 0.6) is 0 Å². The largest absolute Gasteiger partial charge is 0.416 e. The van der Waals surface area contributed by atoms with Crippen LogP contribution in [0.2, 0.25) is 0 Å². The van der Waals surface area contributed by atoms with Crippen molar-refractivity contribution in [1.29, 1.82) is 0 Å². The number of amides is 2. The first-order valence-corrected chi connectivity index (χ1v) is 12.8. The van der Waals surface area contributed by atoms with Gasteiger partial charge < -0.3 is 10.6 Å². The summed E-state index contributed by atoms with van der Waals surface area (Å²) in [6.45, 7) is 0.0675. The third kappa shape index (κ3) is 4.51. The van der Waals surface area contributed by atoms with Gasteiger partial charge in [-0.25, -0.2) is 12.8 Å². The fourth-order valence-electron chi connectivity index (χ4n) is 5.04. The van der Waals surface area contributed by atoms with Gasteiger partial charge in [0.15, 0.2) is 9.84 Å². The van der Waals surface area contributed by atoms with Crippen molar-refractivity contribution in [1.82, 2.24) is 9.88 Å². The standard InChI is InChI=1S/C23H23F4N3O4S/c1-35(33,34)15-7-9-29-18(12-15)20(31)30-10-2-8-22(30,21(28)32)19(13-3-4-13)16-6-5-14(11-17(16)24)23(25,26)27/h5-7,9,11-13,19H,2-4,8,10H2,1H3,(H2,28,32)/t19-,22+/m1/s1. The van der Waals surface area contributed by atoms with E-state index in [0.29, 0.717) is 25.3 Å². The van der Waals surface area contributed by atoms with Crippen molar-refractivity contribution in [2.75, 3.05) is 12.8 Å². The van der Waals surface area contributed by atoms with E-state index in [-0.39, 0.29) is 35.0 Å². The van der Waals surface area contributed by atoms with Crippen molar-refractivity contribution >= 4 is 21.7 Å². The molecule has 2 amide bonds. The van der Waals surface area contributed by atoms with Gasteiger partial charge in [0.2, 0.25) is 5.91 Å². The fraction of sp³-hybridized carbons (Fsp3) is 0.435. The van der Waals surface area contributed by atoms with Gasteiger partial charge in [-0.15, -0.1) is 0 Å². The molecule has 35 heavy (non-hydrogen) atoms. The number of sulfone groups is 1. The van der Waals surface area contributed by atoms with Gasteiger partial charge in [0.1, 0.15) is 17.1 Å². The molecular weight excluding hydrogens is 490 g/mol. The highest BCUT2D eigenvalue weighted by atomic mass is 32.2. The number of rotatable bonds is 6. The molecular formula is C23H23F4N3O4S. The summed E-state index contributed by atoms with van der Waals surface area (Å²) in [6, 6.07) is 4.46. The third-order valence-corrected chi connectivity index (χ3v) is 7.85. The highest BCUT2D eigenvalue weighted by Crippen LogP contribution is 2.54. The second-order valence-electron chi connectivity index (χ2n) is 9.05. The summed E-state index contributed by atoms with van der Waals surface area (Å²) >= 11 is 0. The number of alkyl halides is 3. The highest BCUT2D eigenvalue weighted by Gasteiger charge is 2.59. The number of nitrogens with zero attached hydrogens (tertiary/aromatic N) is 2. The van der Waals surface area contributed by atoms with Gasteiger partial charge >= 0.3 is 6.18 Å². The maximum atomic E-state index is 15.1. The summed E-state index contributed by atoms with van der Waals surface area (Å²) < 4.78 is 78.3. The van der Waals surface area contributed by atoms with Gasteiger partial charge in [0.25, 0.3) is 5.91 Å². The lowest BCUT2D eigenvalue weighted by Gasteiger charge is -2.42. The molecule has 2 aliphatic rings. The third-order valence-electron chi connectivity index (χ3n) is 6.74. The van der Waals surface area contributed by atoms with Crippen LogP contribution in [-0.4, -0.2) is 48.5 Å². The molecule has 2 N–H and O–H groups in total. The summed E-state index contributed by atoms with van der Waals surface area (Å²) in [6.07, 6.45) is -1.03. The van der Waals surface area contributed by atoms with Crippen LogP contribution < -0.4 is 5.73 Å². The molecule has 188 valence electrons. The molecule has 1 aliphatic carbocycles. The average Bonchev–Trinajstić information content (AvgIpc) is 3.50.